The lowest BCUT2D eigenvalue weighted by molar-refractivity contribution is 0.297. The van der Waals surface area contributed by atoms with Gasteiger partial charge >= 0.3 is 7.12 Å². The van der Waals surface area contributed by atoms with Crippen molar-refractivity contribution in [2.24, 2.45) is 0 Å². The molecule has 0 aliphatic heterocycles. The van der Waals surface area contributed by atoms with Crippen molar-refractivity contribution in [2.75, 3.05) is 6.61 Å². The van der Waals surface area contributed by atoms with E-state index >= 15 is 0 Å². The van der Waals surface area contributed by atoms with Crippen molar-refractivity contribution in [1.82, 2.24) is 9.55 Å². The largest absolute Gasteiger partial charge is 0.492 e. The summed E-state index contributed by atoms with van der Waals surface area (Å²) in [6.07, 6.45) is 3.64. The summed E-state index contributed by atoms with van der Waals surface area (Å²) in [4.78, 5) is 4.12. The maximum absolute atomic E-state index is 9.05. The molecule has 2 aromatic rings. The van der Waals surface area contributed by atoms with Gasteiger partial charge in [0.1, 0.15) is 18.2 Å². The summed E-state index contributed by atoms with van der Waals surface area (Å²) in [6.45, 7) is 3.14. The average molecular weight is 246 g/mol. The fraction of sp³-hybridized carbons (Fsp3) is 0.250. The molecule has 0 saturated carbocycles. The molecule has 1 aromatic heterocycles. The van der Waals surface area contributed by atoms with Crippen LogP contribution >= 0.6 is 0 Å². The molecule has 0 saturated heterocycles. The zero-order valence-electron chi connectivity index (χ0n) is 10.2. The molecule has 0 radical (unpaired) electrons. The standard InChI is InChI=1S/C12H15BN2O3/c1-10-14-5-6-15(10)7-8-18-12-4-2-3-11(9-12)13(16)17/h2-6,9,16-17H,7-8H2,1H3. The number of ether oxygens (including phenoxy) is 1. The summed E-state index contributed by atoms with van der Waals surface area (Å²) in [5.74, 6) is 1.57. The van der Waals surface area contributed by atoms with E-state index in [1.165, 1.54) is 0 Å². The highest BCUT2D eigenvalue weighted by molar-refractivity contribution is 6.58. The van der Waals surface area contributed by atoms with Gasteiger partial charge in [-0.05, 0) is 24.5 Å². The minimum absolute atomic E-state index is 0.423. The first kappa shape index (κ1) is 12.7. The number of aromatic nitrogens is 2. The van der Waals surface area contributed by atoms with E-state index in [1.54, 1.807) is 30.5 Å². The van der Waals surface area contributed by atoms with Gasteiger partial charge in [0.2, 0.25) is 0 Å². The highest BCUT2D eigenvalue weighted by atomic mass is 16.5. The molecule has 18 heavy (non-hydrogen) atoms. The van der Waals surface area contributed by atoms with Gasteiger partial charge < -0.3 is 19.4 Å². The molecule has 6 heteroatoms. The zero-order valence-corrected chi connectivity index (χ0v) is 10.2. The number of nitrogens with zero attached hydrogens (tertiary/aromatic N) is 2. The molecule has 0 aliphatic rings. The third-order valence-corrected chi connectivity index (χ3v) is 2.68. The molecule has 0 fully saturated rings. The van der Waals surface area contributed by atoms with Crippen LogP contribution in [0.3, 0.4) is 0 Å². The van der Waals surface area contributed by atoms with E-state index in [0.717, 1.165) is 5.82 Å². The van der Waals surface area contributed by atoms with Gasteiger partial charge in [-0.1, -0.05) is 12.1 Å². The zero-order chi connectivity index (χ0) is 13.0. The summed E-state index contributed by atoms with van der Waals surface area (Å²) >= 11 is 0. The minimum atomic E-state index is -1.47. The summed E-state index contributed by atoms with van der Waals surface area (Å²) in [5.41, 5.74) is 0.423. The van der Waals surface area contributed by atoms with Crippen molar-refractivity contribution in [3.8, 4) is 5.75 Å². The van der Waals surface area contributed by atoms with Gasteiger partial charge in [-0.3, -0.25) is 0 Å². The first-order valence-corrected chi connectivity index (χ1v) is 5.73. The van der Waals surface area contributed by atoms with Crippen molar-refractivity contribution in [3.05, 3.63) is 42.5 Å². The van der Waals surface area contributed by atoms with Crippen LogP contribution in [-0.2, 0) is 6.54 Å². The third kappa shape index (κ3) is 3.12. The molecule has 2 N–H and O–H groups in total. The Kier molecular flexibility index (Phi) is 4.01. The Bertz CT molecular complexity index is 514. The fourth-order valence-electron chi connectivity index (χ4n) is 1.67. The molecule has 0 amide bonds. The van der Waals surface area contributed by atoms with E-state index in [2.05, 4.69) is 4.98 Å². The van der Waals surface area contributed by atoms with Gasteiger partial charge in [0, 0.05) is 12.4 Å². The molecule has 0 unspecified atom stereocenters. The van der Waals surface area contributed by atoms with E-state index in [-0.39, 0.29) is 0 Å². The van der Waals surface area contributed by atoms with Crippen molar-refractivity contribution in [1.29, 1.82) is 0 Å². The van der Waals surface area contributed by atoms with Crippen LogP contribution in [0.4, 0.5) is 0 Å². The van der Waals surface area contributed by atoms with E-state index < -0.39 is 7.12 Å². The Morgan fingerprint density at radius 1 is 1.39 bits per heavy atom. The van der Waals surface area contributed by atoms with Crippen LogP contribution in [0, 0.1) is 6.92 Å². The monoisotopic (exact) mass is 246 g/mol. The molecule has 0 aliphatic carbocycles. The first-order valence-electron chi connectivity index (χ1n) is 5.73. The normalized spacial score (nSPS) is 10.4. The number of benzene rings is 1. The highest BCUT2D eigenvalue weighted by Gasteiger charge is 2.10. The van der Waals surface area contributed by atoms with E-state index in [9.17, 15) is 0 Å². The highest BCUT2D eigenvalue weighted by Crippen LogP contribution is 2.07. The average Bonchev–Trinajstić information content (AvgIpc) is 2.76. The maximum atomic E-state index is 9.05. The lowest BCUT2D eigenvalue weighted by Gasteiger charge is -2.09. The van der Waals surface area contributed by atoms with Gasteiger partial charge in [0.05, 0.1) is 6.54 Å². The molecule has 0 bridgehead atoms. The summed E-state index contributed by atoms with van der Waals surface area (Å²) in [7, 11) is -1.47. The smallest absolute Gasteiger partial charge is 0.488 e. The molecule has 2 rings (SSSR count). The number of hydrogen-bond acceptors (Lipinski definition) is 4. The van der Waals surface area contributed by atoms with E-state index in [1.807, 2.05) is 17.7 Å². The predicted octanol–water partition coefficient (Wildman–Crippen LogP) is -0.0497. The molecular formula is C12H15BN2O3. The molecule has 94 valence electrons. The Morgan fingerprint density at radius 3 is 2.89 bits per heavy atom. The number of aryl methyl sites for hydroxylation is 1. The first-order chi connectivity index (χ1) is 8.66. The van der Waals surface area contributed by atoms with Crippen LogP contribution in [0.25, 0.3) is 0 Å². The molecular weight excluding hydrogens is 231 g/mol. The third-order valence-electron chi connectivity index (χ3n) is 2.68. The van der Waals surface area contributed by atoms with Crippen LogP contribution in [0.1, 0.15) is 5.82 Å². The topological polar surface area (TPSA) is 67.5 Å². The van der Waals surface area contributed by atoms with Crippen molar-refractivity contribution in [2.45, 2.75) is 13.5 Å². The Hall–Kier alpha value is -1.79. The summed E-state index contributed by atoms with van der Waals surface area (Å²) < 4.78 is 7.55. The molecule has 1 aromatic carbocycles. The van der Waals surface area contributed by atoms with Gasteiger partial charge in [-0.2, -0.15) is 0 Å². The molecule has 5 nitrogen and oxygen atoms in total. The van der Waals surface area contributed by atoms with Gasteiger partial charge in [0.15, 0.2) is 0 Å². The van der Waals surface area contributed by atoms with Crippen LogP contribution in [-0.4, -0.2) is 33.3 Å². The maximum Gasteiger partial charge on any atom is 0.488 e. The summed E-state index contributed by atoms with van der Waals surface area (Å²) in [6, 6.07) is 6.77. The van der Waals surface area contributed by atoms with E-state index in [0.29, 0.717) is 24.4 Å². The van der Waals surface area contributed by atoms with Crippen molar-refractivity contribution < 1.29 is 14.8 Å². The van der Waals surface area contributed by atoms with Crippen LogP contribution in [0.15, 0.2) is 36.7 Å². The lowest BCUT2D eigenvalue weighted by Crippen LogP contribution is -2.29. The van der Waals surface area contributed by atoms with Crippen molar-refractivity contribution in [3.63, 3.8) is 0 Å². The Morgan fingerprint density at radius 2 is 2.22 bits per heavy atom. The van der Waals surface area contributed by atoms with Crippen LogP contribution in [0.2, 0.25) is 0 Å². The fourth-order valence-corrected chi connectivity index (χ4v) is 1.67. The number of hydrogen-bond donors (Lipinski definition) is 2. The molecule has 0 spiro atoms. The molecule has 0 atom stereocenters. The number of imidazole rings is 1. The number of rotatable bonds is 5. The Balaban J connectivity index is 1.90. The van der Waals surface area contributed by atoms with E-state index in [4.69, 9.17) is 14.8 Å². The second kappa shape index (κ2) is 5.70. The lowest BCUT2D eigenvalue weighted by atomic mass is 9.80. The minimum Gasteiger partial charge on any atom is -0.492 e. The van der Waals surface area contributed by atoms with Gasteiger partial charge in [-0.25, -0.2) is 4.98 Å². The second-order valence-electron chi connectivity index (χ2n) is 3.96. The van der Waals surface area contributed by atoms with Crippen molar-refractivity contribution >= 4 is 12.6 Å². The predicted molar refractivity (Wildman–Crippen MR) is 68.7 cm³/mol. The SMILES string of the molecule is Cc1nccn1CCOc1cccc(B(O)O)c1. The van der Waals surface area contributed by atoms with Gasteiger partial charge in [0.25, 0.3) is 0 Å². The molecule has 1 heterocycles. The van der Waals surface area contributed by atoms with Gasteiger partial charge in [-0.15, -0.1) is 0 Å². The second-order valence-corrected chi connectivity index (χ2v) is 3.96. The van der Waals surface area contributed by atoms with Crippen LogP contribution < -0.4 is 10.2 Å². The summed E-state index contributed by atoms with van der Waals surface area (Å²) in [5, 5.41) is 18.1. The van der Waals surface area contributed by atoms with Crippen LogP contribution in [0.5, 0.6) is 5.75 Å². The Labute approximate surface area is 106 Å². The quantitative estimate of drug-likeness (QED) is 0.726.